The first-order valence-electron chi connectivity index (χ1n) is 9.80. The number of fused-ring (bicyclic) bond motifs is 1. The van der Waals surface area contributed by atoms with Crippen LogP contribution in [0.3, 0.4) is 0 Å². The van der Waals surface area contributed by atoms with Gasteiger partial charge in [-0.05, 0) is 46.0 Å². The lowest BCUT2D eigenvalue weighted by Gasteiger charge is -2.35. The van der Waals surface area contributed by atoms with Gasteiger partial charge in [-0.1, -0.05) is 36.4 Å². The maximum absolute atomic E-state index is 13.3. The van der Waals surface area contributed by atoms with Crippen molar-refractivity contribution < 1.29 is 9.18 Å². The predicted molar refractivity (Wildman–Crippen MR) is 116 cm³/mol. The fourth-order valence-electron chi connectivity index (χ4n) is 3.95. The summed E-state index contributed by atoms with van der Waals surface area (Å²) in [6, 6.07) is 16.0. The topological polar surface area (TPSA) is 72.0 Å². The summed E-state index contributed by atoms with van der Waals surface area (Å²) < 4.78 is 13.2. The van der Waals surface area contributed by atoms with Gasteiger partial charge >= 0.3 is 0 Å². The highest BCUT2D eigenvalue weighted by atomic mass is 19.1. The summed E-state index contributed by atoms with van der Waals surface area (Å²) in [5.41, 5.74) is 5.21. The number of carbonyl (C=O) groups excluding carboxylic acids is 1. The number of nitrogens with zero attached hydrogens (tertiary/aromatic N) is 1. The third-order valence-electron chi connectivity index (χ3n) is 5.45. The van der Waals surface area contributed by atoms with Gasteiger partial charge in [-0.15, -0.1) is 0 Å². The predicted octanol–water partition coefficient (Wildman–Crippen LogP) is 4.31. The van der Waals surface area contributed by atoms with Crippen LogP contribution in [0.1, 0.15) is 27.5 Å². The van der Waals surface area contributed by atoms with Gasteiger partial charge in [-0.3, -0.25) is 4.79 Å². The summed E-state index contributed by atoms with van der Waals surface area (Å²) in [7, 11) is 1.80. The fraction of sp³-hybridized carbons (Fsp3) is 0.167. The molecule has 1 aliphatic rings. The van der Waals surface area contributed by atoms with Crippen LogP contribution in [0.15, 0.2) is 72.6 Å². The largest absolute Gasteiger partial charge is 0.394 e. The number of aromatic nitrogens is 1. The summed E-state index contributed by atoms with van der Waals surface area (Å²) in [5, 5.41) is 10.8. The van der Waals surface area contributed by atoms with E-state index in [1.54, 1.807) is 36.3 Å². The molecule has 2 heterocycles. The molecule has 0 radical (unpaired) electrons. The quantitative estimate of drug-likeness (QED) is 0.557. The number of aromatic amines is 1. The minimum Gasteiger partial charge on any atom is -0.394 e. The van der Waals surface area contributed by atoms with Crippen LogP contribution in [0.4, 0.5) is 4.39 Å². The van der Waals surface area contributed by atoms with Crippen molar-refractivity contribution in [2.24, 2.45) is 0 Å². The van der Waals surface area contributed by atoms with Gasteiger partial charge in [0.05, 0.1) is 0 Å². The molecule has 4 rings (SSSR count). The number of H-pyrrole nitrogens is 1. The molecule has 3 aromatic rings. The van der Waals surface area contributed by atoms with Crippen molar-refractivity contribution in [1.82, 2.24) is 15.2 Å². The Hall–Kier alpha value is -3.67. The van der Waals surface area contributed by atoms with Crippen LogP contribution in [0, 0.1) is 11.2 Å². The zero-order valence-corrected chi connectivity index (χ0v) is 16.7. The normalized spacial score (nSPS) is 16.1. The van der Waals surface area contributed by atoms with Crippen LogP contribution in [0.2, 0.25) is 0 Å². The Morgan fingerprint density at radius 1 is 1.20 bits per heavy atom. The molecule has 1 atom stereocenters. The van der Waals surface area contributed by atoms with E-state index in [1.165, 1.54) is 18.3 Å². The molecule has 0 aliphatic carbocycles. The molecular formula is C24H23FN4O. The minimum absolute atomic E-state index is 0.0737. The number of nitrogens with one attached hydrogen (secondary N) is 3. The Labute approximate surface area is 174 Å². The van der Waals surface area contributed by atoms with E-state index in [0.717, 1.165) is 27.8 Å². The molecule has 0 spiro atoms. The van der Waals surface area contributed by atoms with Crippen LogP contribution in [0.25, 0.3) is 11.1 Å². The zero-order valence-electron chi connectivity index (χ0n) is 16.7. The Morgan fingerprint density at radius 3 is 2.70 bits per heavy atom. The van der Waals surface area contributed by atoms with Crippen LogP contribution < -0.4 is 5.32 Å². The maximum atomic E-state index is 13.3. The van der Waals surface area contributed by atoms with E-state index >= 15 is 0 Å². The van der Waals surface area contributed by atoms with Crippen LogP contribution in [-0.4, -0.2) is 35.6 Å². The Morgan fingerprint density at radius 2 is 1.97 bits per heavy atom. The molecule has 5 nitrogen and oxygen atoms in total. The molecule has 152 valence electrons. The number of halogens is 1. The van der Waals surface area contributed by atoms with Crippen molar-refractivity contribution in [3.05, 3.63) is 95.2 Å². The maximum Gasteiger partial charge on any atom is 0.270 e. The lowest BCUT2D eigenvalue weighted by atomic mass is 9.85. The first kappa shape index (κ1) is 19.6. The van der Waals surface area contributed by atoms with Gasteiger partial charge in [0, 0.05) is 44.7 Å². The molecule has 0 fully saturated rings. The van der Waals surface area contributed by atoms with Gasteiger partial charge in [0.15, 0.2) is 0 Å². The summed E-state index contributed by atoms with van der Waals surface area (Å²) in [6.45, 7) is 1.00. The van der Waals surface area contributed by atoms with Crippen molar-refractivity contribution in [2.45, 2.75) is 12.5 Å². The van der Waals surface area contributed by atoms with Gasteiger partial charge in [-0.25, -0.2) is 4.39 Å². The Kier molecular flexibility index (Phi) is 5.48. The molecule has 2 aromatic carbocycles. The number of amides is 1. The van der Waals surface area contributed by atoms with Crippen LogP contribution >= 0.6 is 0 Å². The highest BCUT2D eigenvalue weighted by molar-refractivity contribution is 5.94. The average Bonchev–Trinajstić information content (AvgIpc) is 3.27. The van der Waals surface area contributed by atoms with Gasteiger partial charge in [0.1, 0.15) is 11.5 Å². The van der Waals surface area contributed by atoms with E-state index in [-0.39, 0.29) is 17.6 Å². The van der Waals surface area contributed by atoms with Crippen molar-refractivity contribution in [3.8, 4) is 11.1 Å². The molecular weight excluding hydrogens is 379 g/mol. The number of carbonyl (C=O) groups is 1. The van der Waals surface area contributed by atoms with Crippen molar-refractivity contribution in [2.75, 3.05) is 13.6 Å². The van der Waals surface area contributed by atoms with E-state index in [0.29, 0.717) is 18.8 Å². The zero-order chi connectivity index (χ0) is 21.1. The first-order chi connectivity index (χ1) is 14.6. The second-order valence-electron chi connectivity index (χ2n) is 7.32. The Balaban J connectivity index is 1.63. The molecule has 0 saturated heterocycles. The molecule has 1 aliphatic heterocycles. The second kappa shape index (κ2) is 8.37. The minimum atomic E-state index is -0.291. The number of rotatable bonds is 5. The lowest BCUT2D eigenvalue weighted by molar-refractivity contribution is 0.0720. The van der Waals surface area contributed by atoms with E-state index in [1.807, 2.05) is 24.4 Å². The SMILES string of the molecule is CN/C=C(\C=N)C1CN(C(=O)c2cc(-c3ccc(F)cc3)c[nH]2)Cc2ccccc21. The van der Waals surface area contributed by atoms with Gasteiger partial charge in [0.2, 0.25) is 0 Å². The average molecular weight is 402 g/mol. The molecule has 0 saturated carbocycles. The monoisotopic (exact) mass is 402 g/mol. The van der Waals surface area contributed by atoms with Crippen molar-refractivity contribution >= 4 is 12.1 Å². The number of benzene rings is 2. The summed E-state index contributed by atoms with van der Waals surface area (Å²) >= 11 is 0. The summed E-state index contributed by atoms with van der Waals surface area (Å²) in [4.78, 5) is 18.1. The third-order valence-corrected chi connectivity index (χ3v) is 5.45. The fourth-order valence-corrected chi connectivity index (χ4v) is 3.95. The van der Waals surface area contributed by atoms with Gasteiger partial charge < -0.3 is 20.6 Å². The standard InChI is InChI=1S/C24H23FN4O/c1-27-12-19(11-26)22-15-29(14-17-4-2-3-5-21(17)22)24(30)23-10-18(13-28-23)16-6-8-20(25)9-7-16/h2-13,22,26-28H,14-15H2,1H3/b19-12+,26-11?. The van der Waals surface area contributed by atoms with E-state index in [9.17, 15) is 9.18 Å². The second-order valence-corrected chi connectivity index (χ2v) is 7.32. The van der Waals surface area contributed by atoms with Gasteiger partial charge in [-0.2, -0.15) is 0 Å². The lowest BCUT2D eigenvalue weighted by Crippen LogP contribution is -2.39. The molecule has 1 amide bonds. The highest BCUT2D eigenvalue weighted by Gasteiger charge is 2.30. The van der Waals surface area contributed by atoms with Crippen LogP contribution in [-0.2, 0) is 6.54 Å². The summed E-state index contributed by atoms with van der Waals surface area (Å²) in [5.74, 6) is -0.465. The molecule has 0 bridgehead atoms. The molecule has 3 N–H and O–H groups in total. The molecule has 1 aromatic heterocycles. The number of hydrogen-bond acceptors (Lipinski definition) is 3. The van der Waals surface area contributed by atoms with E-state index in [2.05, 4.69) is 16.4 Å². The highest BCUT2D eigenvalue weighted by Crippen LogP contribution is 2.33. The van der Waals surface area contributed by atoms with Gasteiger partial charge in [0.25, 0.3) is 5.91 Å². The summed E-state index contributed by atoms with van der Waals surface area (Å²) in [6.07, 6.45) is 4.91. The first-order valence-corrected chi connectivity index (χ1v) is 9.80. The Bertz CT molecular complexity index is 1100. The molecule has 6 heteroatoms. The molecule has 1 unspecified atom stereocenters. The smallest absolute Gasteiger partial charge is 0.270 e. The van der Waals surface area contributed by atoms with Crippen LogP contribution in [0.5, 0.6) is 0 Å². The van der Waals surface area contributed by atoms with Crippen molar-refractivity contribution in [3.63, 3.8) is 0 Å². The van der Waals surface area contributed by atoms with E-state index < -0.39 is 0 Å². The van der Waals surface area contributed by atoms with Crippen molar-refractivity contribution in [1.29, 1.82) is 5.41 Å². The number of hydrogen-bond donors (Lipinski definition) is 3. The molecule has 30 heavy (non-hydrogen) atoms. The third kappa shape index (κ3) is 3.76. The van der Waals surface area contributed by atoms with E-state index in [4.69, 9.17) is 5.41 Å².